The molecule has 116 valence electrons. The number of hydrogen-bond acceptors (Lipinski definition) is 7. The van der Waals surface area contributed by atoms with Gasteiger partial charge in [0, 0.05) is 12.1 Å². The van der Waals surface area contributed by atoms with E-state index >= 15 is 0 Å². The zero-order valence-electron chi connectivity index (χ0n) is 11.9. The lowest BCUT2D eigenvalue weighted by molar-refractivity contribution is -0.384. The number of nitro benzene ring substituents is 1. The second kappa shape index (κ2) is 6.57. The van der Waals surface area contributed by atoms with Gasteiger partial charge in [0.25, 0.3) is 11.5 Å². The molecule has 0 radical (unpaired) electrons. The Morgan fingerprint density at radius 2 is 2.18 bits per heavy atom. The third-order valence-electron chi connectivity index (χ3n) is 2.76. The maximum Gasteiger partial charge on any atom is 0.378 e. The quantitative estimate of drug-likeness (QED) is 0.448. The lowest BCUT2D eigenvalue weighted by atomic mass is 10.2. The summed E-state index contributed by atoms with van der Waals surface area (Å²) in [5, 5.41) is 10.7. The number of benzene rings is 1. The zero-order chi connectivity index (χ0) is 16.1. The fraction of sp³-hybridized carbons (Fsp3) is 0.231. The predicted molar refractivity (Wildman–Crippen MR) is 73.5 cm³/mol. The summed E-state index contributed by atoms with van der Waals surface area (Å²) in [5.74, 6) is -0.591. The fourth-order valence-electron chi connectivity index (χ4n) is 1.75. The summed E-state index contributed by atoms with van der Waals surface area (Å²) in [6.07, 6.45) is 1.31. The number of non-ortho nitro benzene ring substituents is 1. The molecule has 0 N–H and O–H groups in total. The SMILES string of the molecule is COc1cnc(C(=O)OCc2cccc([N+](=O)[O-])c2)n1OC. The van der Waals surface area contributed by atoms with Gasteiger partial charge in [-0.1, -0.05) is 12.1 Å². The molecule has 1 aromatic heterocycles. The molecule has 0 fully saturated rings. The highest BCUT2D eigenvalue weighted by Gasteiger charge is 2.20. The fourth-order valence-corrected chi connectivity index (χ4v) is 1.75. The Kier molecular flexibility index (Phi) is 4.57. The van der Waals surface area contributed by atoms with Crippen molar-refractivity contribution in [1.29, 1.82) is 0 Å². The Morgan fingerprint density at radius 3 is 2.82 bits per heavy atom. The van der Waals surface area contributed by atoms with E-state index in [1.165, 1.54) is 38.6 Å². The largest absolute Gasteiger partial charge is 0.479 e. The molecule has 2 aromatic rings. The molecular weight excluding hydrogens is 294 g/mol. The van der Waals surface area contributed by atoms with E-state index in [-0.39, 0.29) is 24.0 Å². The Balaban J connectivity index is 2.08. The molecule has 1 heterocycles. The number of rotatable bonds is 6. The molecule has 9 heteroatoms. The van der Waals surface area contributed by atoms with Crippen molar-refractivity contribution in [2.45, 2.75) is 6.61 Å². The van der Waals surface area contributed by atoms with Crippen LogP contribution in [0.15, 0.2) is 30.5 Å². The molecule has 0 saturated carbocycles. The number of imidazole rings is 1. The molecule has 0 spiro atoms. The first kappa shape index (κ1) is 15.3. The molecule has 2 rings (SSSR count). The number of nitro groups is 1. The van der Waals surface area contributed by atoms with E-state index in [0.717, 1.165) is 4.73 Å². The summed E-state index contributed by atoms with van der Waals surface area (Å²) in [7, 11) is 2.76. The molecule has 0 saturated heterocycles. The van der Waals surface area contributed by atoms with Crippen LogP contribution >= 0.6 is 0 Å². The van der Waals surface area contributed by atoms with Crippen LogP contribution in [0.2, 0.25) is 0 Å². The van der Waals surface area contributed by atoms with Crippen molar-refractivity contribution < 1.29 is 24.0 Å². The van der Waals surface area contributed by atoms with Gasteiger partial charge >= 0.3 is 5.97 Å². The summed E-state index contributed by atoms with van der Waals surface area (Å²) in [6.45, 7) is -0.126. The van der Waals surface area contributed by atoms with Crippen molar-refractivity contribution in [2.24, 2.45) is 0 Å². The second-order valence-electron chi connectivity index (χ2n) is 4.10. The van der Waals surface area contributed by atoms with Crippen molar-refractivity contribution in [3.05, 3.63) is 52.0 Å². The van der Waals surface area contributed by atoms with E-state index in [2.05, 4.69) is 4.98 Å². The molecular formula is C13H13N3O6. The Bertz CT molecular complexity index is 697. The predicted octanol–water partition coefficient (Wildman–Crippen LogP) is 1.22. The van der Waals surface area contributed by atoms with Crippen LogP contribution in [-0.2, 0) is 11.3 Å². The number of esters is 1. The van der Waals surface area contributed by atoms with E-state index in [0.29, 0.717) is 5.56 Å². The molecule has 22 heavy (non-hydrogen) atoms. The van der Waals surface area contributed by atoms with Gasteiger partial charge in [-0.3, -0.25) is 10.1 Å². The normalized spacial score (nSPS) is 10.1. The summed E-state index contributed by atoms with van der Waals surface area (Å²) in [5.41, 5.74) is 0.415. The average molecular weight is 307 g/mol. The van der Waals surface area contributed by atoms with E-state index in [1.807, 2.05) is 0 Å². The van der Waals surface area contributed by atoms with Crippen molar-refractivity contribution in [3.8, 4) is 5.88 Å². The van der Waals surface area contributed by atoms with E-state index < -0.39 is 10.9 Å². The molecule has 0 aliphatic carbocycles. The van der Waals surface area contributed by atoms with Crippen LogP contribution in [0.4, 0.5) is 5.69 Å². The Morgan fingerprint density at radius 1 is 1.41 bits per heavy atom. The third-order valence-corrected chi connectivity index (χ3v) is 2.76. The van der Waals surface area contributed by atoms with Crippen LogP contribution in [0.1, 0.15) is 16.2 Å². The van der Waals surface area contributed by atoms with Crippen LogP contribution in [0.3, 0.4) is 0 Å². The van der Waals surface area contributed by atoms with Crippen LogP contribution in [0.5, 0.6) is 5.88 Å². The molecule has 0 aliphatic heterocycles. The van der Waals surface area contributed by atoms with E-state index in [9.17, 15) is 14.9 Å². The molecule has 0 bridgehead atoms. The monoisotopic (exact) mass is 307 g/mol. The maximum atomic E-state index is 12.0. The standard InChI is InChI=1S/C13H13N3O6/c1-20-11-7-14-12(15(11)21-2)13(17)22-8-9-4-3-5-10(6-9)16(18)19/h3-7H,8H2,1-2H3. The zero-order valence-corrected chi connectivity index (χ0v) is 11.9. The molecule has 1 aromatic carbocycles. The summed E-state index contributed by atoms with van der Waals surface area (Å²) in [4.78, 5) is 31.0. The van der Waals surface area contributed by atoms with Gasteiger partial charge < -0.3 is 14.3 Å². The summed E-state index contributed by atoms with van der Waals surface area (Å²) < 4.78 is 11.1. The van der Waals surface area contributed by atoms with Crippen LogP contribution in [0, 0.1) is 10.1 Å². The number of aromatic nitrogens is 2. The number of methoxy groups -OCH3 is 1. The van der Waals surface area contributed by atoms with Gasteiger partial charge in [-0.2, -0.15) is 0 Å². The minimum absolute atomic E-state index is 0.0754. The summed E-state index contributed by atoms with van der Waals surface area (Å²) >= 11 is 0. The first-order valence-corrected chi connectivity index (χ1v) is 6.13. The first-order valence-electron chi connectivity index (χ1n) is 6.13. The van der Waals surface area contributed by atoms with Gasteiger partial charge in [0.2, 0.25) is 5.88 Å². The molecule has 0 amide bonds. The van der Waals surface area contributed by atoms with Crippen LogP contribution < -0.4 is 9.57 Å². The summed E-state index contributed by atoms with van der Waals surface area (Å²) in [6, 6.07) is 5.81. The van der Waals surface area contributed by atoms with Crippen molar-refractivity contribution in [1.82, 2.24) is 9.71 Å². The number of carbonyl (C=O) groups is 1. The third kappa shape index (κ3) is 3.14. The Hall–Kier alpha value is -3.10. The number of ether oxygens (including phenoxy) is 2. The van der Waals surface area contributed by atoms with Crippen molar-refractivity contribution in [3.63, 3.8) is 0 Å². The van der Waals surface area contributed by atoms with Crippen molar-refractivity contribution in [2.75, 3.05) is 14.2 Å². The van der Waals surface area contributed by atoms with Gasteiger partial charge in [-0.05, 0) is 5.56 Å². The highest BCUT2D eigenvalue weighted by atomic mass is 16.7. The molecule has 0 atom stereocenters. The molecule has 0 aliphatic rings. The molecule has 0 unspecified atom stereocenters. The highest BCUT2D eigenvalue weighted by Crippen LogP contribution is 2.16. The van der Waals surface area contributed by atoms with Gasteiger partial charge in [-0.15, -0.1) is 4.73 Å². The van der Waals surface area contributed by atoms with Crippen LogP contribution in [0.25, 0.3) is 0 Å². The second-order valence-corrected chi connectivity index (χ2v) is 4.10. The smallest absolute Gasteiger partial charge is 0.378 e. The lowest BCUT2D eigenvalue weighted by Gasteiger charge is -2.08. The highest BCUT2D eigenvalue weighted by molar-refractivity contribution is 5.85. The lowest BCUT2D eigenvalue weighted by Crippen LogP contribution is -2.18. The van der Waals surface area contributed by atoms with Crippen LogP contribution in [-0.4, -0.2) is 34.8 Å². The maximum absolute atomic E-state index is 12.0. The average Bonchev–Trinajstić information content (AvgIpc) is 2.95. The van der Waals surface area contributed by atoms with Gasteiger partial charge in [0.15, 0.2) is 0 Å². The van der Waals surface area contributed by atoms with Gasteiger partial charge in [0.05, 0.1) is 18.2 Å². The number of carbonyl (C=O) groups excluding carboxylic acids is 1. The minimum Gasteiger partial charge on any atom is -0.479 e. The molecule has 9 nitrogen and oxygen atoms in total. The van der Waals surface area contributed by atoms with Gasteiger partial charge in [-0.25, -0.2) is 9.78 Å². The number of nitrogens with zero attached hydrogens (tertiary/aromatic N) is 3. The van der Waals surface area contributed by atoms with Gasteiger partial charge in [0.1, 0.15) is 13.7 Å². The minimum atomic E-state index is -0.739. The van der Waals surface area contributed by atoms with Crippen molar-refractivity contribution >= 4 is 11.7 Å². The van der Waals surface area contributed by atoms with E-state index in [4.69, 9.17) is 14.3 Å². The Labute approximate surface area is 125 Å². The first-order chi connectivity index (χ1) is 10.6. The topological polar surface area (TPSA) is 106 Å². The number of hydrogen-bond donors (Lipinski definition) is 0. The van der Waals surface area contributed by atoms with E-state index in [1.54, 1.807) is 6.07 Å².